The van der Waals surface area contributed by atoms with Crippen molar-refractivity contribution >= 4 is 17.7 Å². The molecule has 7 heteroatoms. The van der Waals surface area contributed by atoms with Crippen molar-refractivity contribution in [3.05, 3.63) is 29.8 Å². The van der Waals surface area contributed by atoms with Gasteiger partial charge in [-0.3, -0.25) is 0 Å². The Morgan fingerprint density at radius 3 is 2.75 bits per heavy atom. The Bertz CT molecular complexity index is 464. The molecule has 0 aliphatic rings. The molecule has 0 aliphatic heterocycles. The molecule has 0 spiro atoms. The normalized spacial score (nSPS) is 11.7. The van der Waals surface area contributed by atoms with Crippen molar-refractivity contribution in [1.29, 1.82) is 0 Å². The molecule has 0 saturated heterocycles. The molecule has 4 N–H and O–H groups in total. The number of urea groups is 1. The number of nitrogens with one attached hydrogen (secondary N) is 2. The molecule has 110 valence electrons. The summed E-state index contributed by atoms with van der Waals surface area (Å²) < 4.78 is 4.98. The summed E-state index contributed by atoms with van der Waals surface area (Å²) in [7, 11) is 1.57. The molecule has 0 saturated carbocycles. The summed E-state index contributed by atoms with van der Waals surface area (Å²) in [5.74, 6) is -1.19. The van der Waals surface area contributed by atoms with Crippen molar-refractivity contribution in [3.8, 4) is 0 Å². The second kappa shape index (κ2) is 8.13. The van der Waals surface area contributed by atoms with Crippen LogP contribution in [0.3, 0.4) is 0 Å². The zero-order chi connectivity index (χ0) is 15.0. The van der Waals surface area contributed by atoms with Crippen LogP contribution in [0.4, 0.5) is 10.5 Å². The van der Waals surface area contributed by atoms with Gasteiger partial charge in [-0.25, -0.2) is 9.59 Å². The molecule has 1 atom stereocenters. The Hall–Kier alpha value is -2.12. The number of ether oxygens (including phenoxy) is 1. The quantitative estimate of drug-likeness (QED) is 0.591. The van der Waals surface area contributed by atoms with Crippen LogP contribution in [0.15, 0.2) is 24.3 Å². The summed E-state index contributed by atoms with van der Waals surface area (Å²) in [6, 6.07) is 5.25. The van der Waals surface area contributed by atoms with Crippen molar-refractivity contribution < 1.29 is 24.5 Å². The van der Waals surface area contributed by atoms with Crippen molar-refractivity contribution in [2.75, 3.05) is 19.0 Å². The lowest BCUT2D eigenvalue weighted by Crippen LogP contribution is -2.43. The first-order valence-corrected chi connectivity index (χ1v) is 6.06. The zero-order valence-corrected chi connectivity index (χ0v) is 11.1. The Kier molecular flexibility index (Phi) is 6.48. The fourth-order valence-electron chi connectivity index (χ4n) is 1.62. The largest absolute Gasteiger partial charge is 0.480 e. The summed E-state index contributed by atoms with van der Waals surface area (Å²) in [6.45, 7) is 0.0972. The molecule has 0 bridgehead atoms. The van der Waals surface area contributed by atoms with Gasteiger partial charge < -0.3 is 25.6 Å². The van der Waals surface area contributed by atoms with E-state index < -0.39 is 18.0 Å². The topological polar surface area (TPSA) is 108 Å². The van der Waals surface area contributed by atoms with Crippen LogP contribution >= 0.6 is 0 Å². The number of carbonyl (C=O) groups is 2. The molecule has 7 nitrogen and oxygen atoms in total. The van der Waals surface area contributed by atoms with Gasteiger partial charge in [0.2, 0.25) is 0 Å². The molecule has 1 aromatic carbocycles. The lowest BCUT2D eigenvalue weighted by molar-refractivity contribution is -0.139. The maximum atomic E-state index is 11.7. The predicted molar refractivity (Wildman–Crippen MR) is 72.4 cm³/mol. The van der Waals surface area contributed by atoms with Gasteiger partial charge in [0.25, 0.3) is 0 Å². The number of aliphatic carboxylic acids is 1. The highest BCUT2D eigenvalue weighted by molar-refractivity contribution is 5.92. The van der Waals surface area contributed by atoms with E-state index in [2.05, 4.69) is 10.6 Å². The summed E-state index contributed by atoms with van der Waals surface area (Å²) in [6.07, 6.45) is -0.0491. The Morgan fingerprint density at radius 2 is 2.15 bits per heavy atom. The number of amides is 2. The number of anilines is 1. The average Bonchev–Trinajstić information content (AvgIpc) is 2.38. The molecular formula is C13H18N2O5. The van der Waals surface area contributed by atoms with Crippen LogP contribution in [0, 0.1) is 0 Å². The third kappa shape index (κ3) is 5.25. The monoisotopic (exact) mass is 282 g/mol. The Morgan fingerprint density at radius 1 is 1.40 bits per heavy atom. The highest BCUT2D eigenvalue weighted by Crippen LogP contribution is 2.11. The maximum Gasteiger partial charge on any atom is 0.326 e. The zero-order valence-electron chi connectivity index (χ0n) is 11.1. The lowest BCUT2D eigenvalue weighted by Gasteiger charge is -2.14. The van der Waals surface area contributed by atoms with Crippen LogP contribution < -0.4 is 10.6 Å². The Balaban J connectivity index is 2.61. The van der Waals surface area contributed by atoms with Gasteiger partial charge in [-0.1, -0.05) is 12.1 Å². The van der Waals surface area contributed by atoms with Crippen LogP contribution in [-0.2, 0) is 16.1 Å². The van der Waals surface area contributed by atoms with Gasteiger partial charge in [0, 0.05) is 25.8 Å². The number of carboxylic acids is 1. The van der Waals surface area contributed by atoms with Crippen molar-refractivity contribution in [1.82, 2.24) is 5.32 Å². The first-order chi connectivity index (χ1) is 9.56. The van der Waals surface area contributed by atoms with E-state index >= 15 is 0 Å². The van der Waals surface area contributed by atoms with Crippen molar-refractivity contribution in [2.45, 2.75) is 19.1 Å². The number of aliphatic hydroxyl groups excluding tert-OH is 1. The summed E-state index contributed by atoms with van der Waals surface area (Å²) >= 11 is 0. The minimum absolute atomic E-state index is 0.0491. The highest BCUT2D eigenvalue weighted by atomic mass is 16.5. The van der Waals surface area contributed by atoms with Crippen LogP contribution in [0.5, 0.6) is 0 Å². The molecule has 20 heavy (non-hydrogen) atoms. The van der Waals surface area contributed by atoms with E-state index in [0.717, 1.165) is 5.56 Å². The SMILES string of the molecule is COCc1cccc(NC(=O)NC(CCO)C(=O)O)c1. The van der Waals surface area contributed by atoms with Gasteiger partial charge in [-0.05, 0) is 17.7 Å². The van der Waals surface area contributed by atoms with E-state index in [4.69, 9.17) is 14.9 Å². The second-order valence-electron chi connectivity index (χ2n) is 4.13. The average molecular weight is 282 g/mol. The van der Waals surface area contributed by atoms with Gasteiger partial charge in [0.15, 0.2) is 0 Å². The van der Waals surface area contributed by atoms with Gasteiger partial charge >= 0.3 is 12.0 Å². The van der Waals surface area contributed by atoms with E-state index in [1.54, 1.807) is 25.3 Å². The molecule has 1 unspecified atom stereocenters. The minimum Gasteiger partial charge on any atom is -0.480 e. The first kappa shape index (κ1) is 15.9. The summed E-state index contributed by atoms with van der Waals surface area (Å²) in [5, 5.41) is 22.4. The highest BCUT2D eigenvalue weighted by Gasteiger charge is 2.19. The number of carbonyl (C=O) groups excluding carboxylic acids is 1. The van der Waals surface area contributed by atoms with Crippen LogP contribution in [0.2, 0.25) is 0 Å². The smallest absolute Gasteiger partial charge is 0.326 e. The number of hydrogen-bond acceptors (Lipinski definition) is 4. The molecular weight excluding hydrogens is 264 g/mol. The van der Waals surface area contributed by atoms with E-state index in [1.165, 1.54) is 0 Å². The standard InChI is InChI=1S/C13H18N2O5/c1-20-8-9-3-2-4-10(7-9)14-13(19)15-11(5-6-16)12(17)18/h2-4,7,11,16H,5-6,8H2,1H3,(H,17,18)(H2,14,15,19). The van der Waals surface area contributed by atoms with Crippen molar-refractivity contribution in [2.24, 2.45) is 0 Å². The summed E-state index contributed by atoms with van der Waals surface area (Å²) in [5.41, 5.74) is 1.42. The van der Waals surface area contributed by atoms with Gasteiger partial charge in [-0.15, -0.1) is 0 Å². The molecule has 1 rings (SSSR count). The number of hydrogen-bond donors (Lipinski definition) is 4. The Labute approximate surface area is 116 Å². The molecule has 0 heterocycles. The van der Waals surface area contributed by atoms with Gasteiger partial charge in [-0.2, -0.15) is 0 Å². The number of benzene rings is 1. The fraction of sp³-hybridized carbons (Fsp3) is 0.385. The second-order valence-corrected chi connectivity index (χ2v) is 4.13. The van der Waals surface area contributed by atoms with E-state index in [1.807, 2.05) is 6.07 Å². The third-order valence-corrected chi connectivity index (χ3v) is 2.52. The van der Waals surface area contributed by atoms with E-state index in [-0.39, 0.29) is 13.0 Å². The number of methoxy groups -OCH3 is 1. The van der Waals surface area contributed by atoms with Gasteiger partial charge in [0.1, 0.15) is 6.04 Å². The molecule has 0 aliphatic carbocycles. The maximum absolute atomic E-state index is 11.7. The van der Waals surface area contributed by atoms with Crippen LogP contribution in [0.25, 0.3) is 0 Å². The molecule has 0 fully saturated rings. The van der Waals surface area contributed by atoms with Crippen LogP contribution in [0.1, 0.15) is 12.0 Å². The predicted octanol–water partition coefficient (Wildman–Crippen LogP) is 0.790. The lowest BCUT2D eigenvalue weighted by atomic mass is 10.2. The van der Waals surface area contributed by atoms with Crippen molar-refractivity contribution in [3.63, 3.8) is 0 Å². The van der Waals surface area contributed by atoms with Crippen LogP contribution in [-0.4, -0.2) is 42.0 Å². The molecule has 0 aromatic heterocycles. The van der Waals surface area contributed by atoms with E-state index in [0.29, 0.717) is 12.3 Å². The number of rotatable bonds is 7. The first-order valence-electron chi connectivity index (χ1n) is 6.06. The minimum atomic E-state index is -1.19. The molecule has 2 amide bonds. The number of aliphatic hydroxyl groups is 1. The third-order valence-electron chi connectivity index (χ3n) is 2.52. The van der Waals surface area contributed by atoms with E-state index in [9.17, 15) is 9.59 Å². The molecule has 1 aromatic rings. The summed E-state index contributed by atoms with van der Waals surface area (Å²) in [4.78, 5) is 22.5. The molecule has 0 radical (unpaired) electrons. The fourth-order valence-corrected chi connectivity index (χ4v) is 1.62. The number of carboxylic acid groups (broad SMARTS) is 1. The van der Waals surface area contributed by atoms with Gasteiger partial charge in [0.05, 0.1) is 6.61 Å².